The number of aromatic nitrogens is 1. The van der Waals surface area contributed by atoms with Crippen molar-refractivity contribution in [1.29, 1.82) is 0 Å². The van der Waals surface area contributed by atoms with E-state index in [1.54, 1.807) is 12.3 Å². The second kappa shape index (κ2) is 4.58. The summed E-state index contributed by atoms with van der Waals surface area (Å²) < 4.78 is 0. The lowest BCUT2D eigenvalue weighted by Crippen LogP contribution is -1.83. The summed E-state index contributed by atoms with van der Waals surface area (Å²) in [5, 5.41) is 0. The van der Waals surface area contributed by atoms with Crippen molar-refractivity contribution in [3.05, 3.63) is 73.6 Å². The minimum absolute atomic E-state index is 0.936. The molecule has 0 aliphatic heterocycles. The van der Waals surface area contributed by atoms with Crippen molar-refractivity contribution in [2.75, 3.05) is 0 Å². The smallest absolute Gasteiger partial charge is 0.0346 e. The molecule has 0 fully saturated rings. The van der Waals surface area contributed by atoms with Gasteiger partial charge in [0.2, 0.25) is 0 Å². The predicted molar refractivity (Wildman–Crippen MR) is 68.9 cm³/mol. The zero-order valence-corrected chi connectivity index (χ0v) is 9.06. The normalized spacial score (nSPS) is 9.75. The number of rotatable bonds is 3. The van der Waals surface area contributed by atoms with Crippen molar-refractivity contribution in [3.8, 4) is 11.1 Å². The molecule has 1 aromatic heterocycles. The van der Waals surface area contributed by atoms with Crippen LogP contribution in [0.5, 0.6) is 0 Å². The van der Waals surface area contributed by atoms with Gasteiger partial charge < -0.3 is 0 Å². The van der Waals surface area contributed by atoms with Crippen LogP contribution in [0.2, 0.25) is 0 Å². The fourth-order valence-electron chi connectivity index (χ4n) is 1.55. The van der Waals surface area contributed by atoms with Crippen molar-refractivity contribution < 1.29 is 0 Å². The van der Waals surface area contributed by atoms with Crippen LogP contribution in [0.25, 0.3) is 16.7 Å². The van der Waals surface area contributed by atoms with Crippen LogP contribution in [0, 0.1) is 0 Å². The maximum Gasteiger partial charge on any atom is 0.0346 e. The molecule has 1 heterocycles. The van der Waals surface area contributed by atoms with Gasteiger partial charge in [0.1, 0.15) is 0 Å². The Hall–Kier alpha value is -2.15. The molecular weight excluding hydrogens is 194 g/mol. The first kappa shape index (κ1) is 10.4. The summed E-state index contributed by atoms with van der Waals surface area (Å²) in [6.07, 6.45) is 5.40. The Morgan fingerprint density at radius 3 is 2.62 bits per heavy atom. The van der Waals surface area contributed by atoms with Gasteiger partial charge in [0.25, 0.3) is 0 Å². The fraction of sp³-hybridized carbons (Fsp3) is 0. The van der Waals surface area contributed by atoms with Gasteiger partial charge in [-0.1, -0.05) is 43.5 Å². The molecular formula is C15H13N. The number of hydrogen-bond acceptors (Lipinski definition) is 1. The third kappa shape index (κ3) is 2.09. The fourth-order valence-corrected chi connectivity index (χ4v) is 1.55. The Labute approximate surface area is 95.8 Å². The highest BCUT2D eigenvalue weighted by Gasteiger charge is 1.99. The van der Waals surface area contributed by atoms with E-state index in [-0.39, 0.29) is 0 Å². The molecule has 0 radical (unpaired) electrons. The molecule has 1 aromatic carbocycles. The summed E-state index contributed by atoms with van der Waals surface area (Å²) in [5.74, 6) is 0. The first-order valence-corrected chi connectivity index (χ1v) is 5.13. The molecule has 2 rings (SSSR count). The third-order valence-electron chi connectivity index (χ3n) is 2.47. The molecule has 0 aliphatic carbocycles. The monoisotopic (exact) mass is 207 g/mol. The van der Waals surface area contributed by atoms with Gasteiger partial charge in [0, 0.05) is 18.0 Å². The van der Waals surface area contributed by atoms with Gasteiger partial charge in [-0.15, -0.1) is 0 Å². The van der Waals surface area contributed by atoms with Crippen molar-refractivity contribution in [2.45, 2.75) is 0 Å². The molecule has 2 aromatic rings. The Kier molecular flexibility index (Phi) is 2.97. The van der Waals surface area contributed by atoms with Crippen LogP contribution < -0.4 is 0 Å². The van der Waals surface area contributed by atoms with Gasteiger partial charge >= 0.3 is 0 Å². The quantitative estimate of drug-likeness (QED) is 0.694. The molecule has 1 heteroatoms. The summed E-state index contributed by atoms with van der Waals surface area (Å²) >= 11 is 0. The molecule has 16 heavy (non-hydrogen) atoms. The van der Waals surface area contributed by atoms with E-state index in [9.17, 15) is 0 Å². The average Bonchev–Trinajstić information content (AvgIpc) is 2.39. The Morgan fingerprint density at radius 2 is 1.94 bits per heavy atom. The van der Waals surface area contributed by atoms with E-state index in [4.69, 9.17) is 0 Å². The van der Waals surface area contributed by atoms with E-state index in [2.05, 4.69) is 30.3 Å². The maximum atomic E-state index is 4.11. The van der Waals surface area contributed by atoms with Crippen molar-refractivity contribution in [3.63, 3.8) is 0 Å². The van der Waals surface area contributed by atoms with Gasteiger partial charge in [-0.25, -0.2) is 0 Å². The SMILES string of the molecule is C=CC(=C)c1cccc(-c2cccnc2)c1. The van der Waals surface area contributed by atoms with Gasteiger partial charge in [-0.05, 0) is 28.8 Å². The molecule has 0 spiro atoms. The highest BCUT2D eigenvalue weighted by atomic mass is 14.6. The van der Waals surface area contributed by atoms with Gasteiger partial charge in [0.05, 0.1) is 0 Å². The van der Waals surface area contributed by atoms with Crippen molar-refractivity contribution in [1.82, 2.24) is 4.98 Å². The topological polar surface area (TPSA) is 12.9 Å². The van der Waals surface area contributed by atoms with Crippen LogP contribution >= 0.6 is 0 Å². The number of nitrogens with zero attached hydrogens (tertiary/aromatic N) is 1. The van der Waals surface area contributed by atoms with Gasteiger partial charge in [-0.3, -0.25) is 4.98 Å². The van der Waals surface area contributed by atoms with E-state index in [1.807, 2.05) is 30.5 Å². The van der Waals surface area contributed by atoms with Gasteiger partial charge in [0.15, 0.2) is 0 Å². The minimum Gasteiger partial charge on any atom is -0.264 e. The molecule has 0 bridgehead atoms. The highest BCUT2D eigenvalue weighted by molar-refractivity contribution is 5.75. The number of pyridine rings is 1. The molecule has 0 unspecified atom stereocenters. The minimum atomic E-state index is 0.936. The Bertz CT molecular complexity index is 512. The second-order valence-corrected chi connectivity index (χ2v) is 3.55. The molecule has 1 nitrogen and oxygen atoms in total. The van der Waals surface area contributed by atoms with E-state index in [0.29, 0.717) is 0 Å². The first-order valence-electron chi connectivity index (χ1n) is 5.13. The summed E-state index contributed by atoms with van der Waals surface area (Å²) in [7, 11) is 0. The molecule has 0 amide bonds. The maximum absolute atomic E-state index is 4.11. The van der Waals surface area contributed by atoms with Crippen LogP contribution in [-0.2, 0) is 0 Å². The third-order valence-corrected chi connectivity index (χ3v) is 2.47. The second-order valence-electron chi connectivity index (χ2n) is 3.55. The summed E-state index contributed by atoms with van der Waals surface area (Å²) in [4.78, 5) is 4.11. The molecule has 0 saturated carbocycles. The molecule has 0 aliphatic rings. The van der Waals surface area contributed by atoms with Crippen LogP contribution in [0.3, 0.4) is 0 Å². The molecule has 0 N–H and O–H groups in total. The van der Waals surface area contributed by atoms with E-state index < -0.39 is 0 Å². The predicted octanol–water partition coefficient (Wildman–Crippen LogP) is 3.95. The molecule has 0 saturated heterocycles. The van der Waals surface area contributed by atoms with Gasteiger partial charge in [-0.2, -0.15) is 0 Å². The lowest BCUT2D eigenvalue weighted by Gasteiger charge is -2.04. The number of benzene rings is 1. The lowest BCUT2D eigenvalue weighted by atomic mass is 10.0. The highest BCUT2D eigenvalue weighted by Crippen LogP contribution is 2.22. The average molecular weight is 207 g/mol. The molecule has 0 atom stereocenters. The Morgan fingerprint density at radius 1 is 1.12 bits per heavy atom. The number of allylic oxidation sites excluding steroid dienone is 2. The zero-order chi connectivity index (χ0) is 11.4. The number of hydrogen-bond donors (Lipinski definition) is 0. The lowest BCUT2D eigenvalue weighted by molar-refractivity contribution is 1.33. The van der Waals surface area contributed by atoms with Crippen molar-refractivity contribution in [2.24, 2.45) is 0 Å². The first-order chi connectivity index (χ1) is 7.81. The zero-order valence-electron chi connectivity index (χ0n) is 9.06. The summed E-state index contributed by atoms with van der Waals surface area (Å²) in [6, 6.07) is 12.2. The van der Waals surface area contributed by atoms with E-state index >= 15 is 0 Å². The molecule has 78 valence electrons. The Balaban J connectivity index is 2.44. The summed E-state index contributed by atoms with van der Waals surface area (Å²) in [5.41, 5.74) is 4.29. The summed E-state index contributed by atoms with van der Waals surface area (Å²) in [6.45, 7) is 7.67. The standard InChI is InChI=1S/C15H13N/c1-3-12(2)13-6-4-7-14(10-13)15-8-5-9-16-11-15/h3-11H,1-2H2. The van der Waals surface area contributed by atoms with Crippen LogP contribution in [-0.4, -0.2) is 4.98 Å². The largest absolute Gasteiger partial charge is 0.264 e. The van der Waals surface area contributed by atoms with E-state index in [1.165, 1.54) is 0 Å². The van der Waals surface area contributed by atoms with E-state index in [0.717, 1.165) is 22.3 Å². The van der Waals surface area contributed by atoms with Crippen LogP contribution in [0.15, 0.2) is 68.0 Å². The van der Waals surface area contributed by atoms with Crippen molar-refractivity contribution >= 4 is 5.57 Å². The van der Waals surface area contributed by atoms with Crippen LogP contribution in [0.4, 0.5) is 0 Å². The van der Waals surface area contributed by atoms with Crippen LogP contribution in [0.1, 0.15) is 5.56 Å².